The Kier molecular flexibility index (Phi) is 8.71. The highest BCUT2D eigenvalue weighted by Gasteiger charge is 2.26. The summed E-state index contributed by atoms with van der Waals surface area (Å²) in [5, 5.41) is 11.4. The second kappa shape index (κ2) is 11.8. The van der Waals surface area contributed by atoms with Gasteiger partial charge in [0.2, 0.25) is 0 Å². The maximum Gasteiger partial charge on any atom is 0.284 e. The second-order valence-electron chi connectivity index (χ2n) is 8.31. The van der Waals surface area contributed by atoms with Crippen molar-refractivity contribution in [1.82, 2.24) is 19.3 Å². The summed E-state index contributed by atoms with van der Waals surface area (Å²) in [4.78, 5) is 22.7. The van der Waals surface area contributed by atoms with Crippen molar-refractivity contribution in [2.24, 2.45) is 5.73 Å². The molecule has 0 saturated heterocycles. The van der Waals surface area contributed by atoms with Gasteiger partial charge in [-0.2, -0.15) is 4.72 Å². The van der Waals surface area contributed by atoms with Crippen LogP contribution >= 0.6 is 27.8 Å². The van der Waals surface area contributed by atoms with Crippen LogP contribution in [0.25, 0.3) is 16.7 Å². The van der Waals surface area contributed by atoms with Crippen LogP contribution in [0.15, 0.2) is 51.9 Å². The summed E-state index contributed by atoms with van der Waals surface area (Å²) in [6.07, 6.45) is 2.72. The maximum absolute atomic E-state index is 13.9. The van der Waals surface area contributed by atoms with Gasteiger partial charge in [0, 0.05) is 23.8 Å². The van der Waals surface area contributed by atoms with E-state index in [1.165, 1.54) is 29.2 Å². The van der Waals surface area contributed by atoms with Crippen LogP contribution in [0.4, 0.5) is 14.5 Å². The molecule has 2 heterocycles. The Balaban J connectivity index is 2.01. The zero-order valence-corrected chi connectivity index (χ0v) is 23.5. The number of halogens is 4. The van der Waals surface area contributed by atoms with E-state index in [9.17, 15) is 18.1 Å². The van der Waals surface area contributed by atoms with Gasteiger partial charge >= 0.3 is 0 Å². The first-order valence-corrected chi connectivity index (χ1v) is 13.8. The van der Waals surface area contributed by atoms with Crippen molar-refractivity contribution in [2.75, 3.05) is 18.6 Å². The number of anilines is 1. The summed E-state index contributed by atoms with van der Waals surface area (Å²) < 4.78 is 48.7. The normalized spacial score (nSPS) is 12.7. The van der Waals surface area contributed by atoms with Gasteiger partial charge in [0.1, 0.15) is 35.6 Å². The van der Waals surface area contributed by atoms with E-state index in [2.05, 4.69) is 35.9 Å². The summed E-state index contributed by atoms with van der Waals surface area (Å²) in [5.41, 5.74) is 6.90. The number of nitrogens with two attached hydrogens (primary N) is 1. The highest BCUT2D eigenvalue weighted by molar-refractivity contribution is 9.10. The molecule has 2 unspecified atom stereocenters. The molecule has 15 heteroatoms. The number of aromatic nitrogens is 3. The molecule has 0 aliphatic heterocycles. The van der Waals surface area contributed by atoms with Gasteiger partial charge in [-0.05, 0) is 58.2 Å². The number of nitrogens with zero attached hydrogens (tertiary/aromatic N) is 3. The molecule has 0 aliphatic carbocycles. The van der Waals surface area contributed by atoms with E-state index in [1.807, 2.05) is 0 Å². The number of amidine groups is 1. The minimum atomic E-state index is -1.61. The highest BCUT2D eigenvalue weighted by atomic mass is 79.9. The average Bonchev–Trinajstić information content (AvgIpc) is 2.86. The van der Waals surface area contributed by atoms with Gasteiger partial charge in [-0.15, -0.1) is 0 Å². The molecule has 0 radical (unpaired) electrons. The molecule has 2 aromatic heterocycles. The van der Waals surface area contributed by atoms with Crippen LogP contribution in [0.3, 0.4) is 0 Å². The average molecular weight is 641 g/mol. The Morgan fingerprint density at radius 1 is 1.31 bits per heavy atom. The Bertz CT molecular complexity index is 1620. The highest BCUT2D eigenvalue weighted by Crippen LogP contribution is 2.34. The Morgan fingerprint density at radius 2 is 2.00 bits per heavy atom. The maximum atomic E-state index is 13.9. The second-order valence-corrected chi connectivity index (χ2v) is 10.5. The summed E-state index contributed by atoms with van der Waals surface area (Å²) in [6, 6.07) is 6.52. The van der Waals surface area contributed by atoms with Crippen LogP contribution in [-0.4, -0.2) is 38.2 Å². The van der Waals surface area contributed by atoms with Crippen LogP contribution in [-0.2, 0) is 17.8 Å². The van der Waals surface area contributed by atoms with Gasteiger partial charge in [0.05, 0.1) is 39.9 Å². The minimum absolute atomic E-state index is 0.0232. The third-order valence-corrected chi connectivity index (χ3v) is 6.72. The number of hydrogen-bond donors (Lipinski definition) is 4. The zero-order chi connectivity index (χ0) is 28.4. The molecule has 0 aliphatic rings. The lowest BCUT2D eigenvalue weighted by atomic mass is 10.0. The van der Waals surface area contributed by atoms with Gasteiger partial charge in [-0.25, -0.2) is 18.7 Å². The van der Waals surface area contributed by atoms with Crippen molar-refractivity contribution >= 4 is 61.7 Å². The lowest BCUT2D eigenvalue weighted by molar-refractivity contribution is 0.572. The molecular formula is C24H21BrClF2N7O3S. The first-order valence-electron chi connectivity index (χ1n) is 11.2. The van der Waals surface area contributed by atoms with Crippen molar-refractivity contribution in [3.63, 3.8) is 0 Å². The lowest BCUT2D eigenvalue weighted by Gasteiger charge is -2.23. The number of rotatable bonds is 8. The van der Waals surface area contributed by atoms with Gasteiger partial charge in [0.15, 0.2) is 17.1 Å². The minimum Gasteiger partial charge on any atom is -0.593 e. The number of nitrogens with one attached hydrogen (secondary N) is 3. The molecule has 39 heavy (non-hydrogen) atoms. The standard InChI is InChI=1S/C24H21BrClF2N7O3S/c1-31-21-17(3-4-18(38-26)19(21)22(30)34-39(2)37)35-23(15(29)7-11-5-13(27)9-14(28)6-11)33-16-8-12(25)10-32-20(16)24(35)36/h3-6,8-10,15,31H,7,29H2,1-2H3,(H2,30,34). The summed E-state index contributed by atoms with van der Waals surface area (Å²) in [6.45, 7) is 0. The molecule has 0 spiro atoms. The molecule has 2 aromatic carbocycles. The molecule has 0 saturated carbocycles. The molecule has 0 fully saturated rings. The lowest BCUT2D eigenvalue weighted by Crippen LogP contribution is -2.32. The number of hydrogen-bond acceptors (Lipinski definition) is 8. The Morgan fingerprint density at radius 3 is 2.62 bits per heavy atom. The van der Waals surface area contributed by atoms with E-state index < -0.39 is 34.6 Å². The van der Waals surface area contributed by atoms with Crippen LogP contribution < -0.4 is 25.6 Å². The fourth-order valence-corrected chi connectivity index (χ4v) is 4.97. The third kappa shape index (κ3) is 5.99. The summed E-state index contributed by atoms with van der Waals surface area (Å²) >= 11 is 7.37. The van der Waals surface area contributed by atoms with Crippen molar-refractivity contribution in [2.45, 2.75) is 12.5 Å². The largest absolute Gasteiger partial charge is 0.593 e. The fraction of sp³-hybridized carbons (Fsp3) is 0.167. The van der Waals surface area contributed by atoms with Crippen molar-refractivity contribution in [1.29, 1.82) is 5.41 Å². The zero-order valence-electron chi connectivity index (χ0n) is 20.4. The number of fused-ring (bicyclic) bond motifs is 1. The predicted octanol–water partition coefficient (Wildman–Crippen LogP) is 3.85. The summed E-state index contributed by atoms with van der Waals surface area (Å²) in [5.74, 6) is -1.75. The SMILES string of the molecule is CNc1c(-n2c(C(N)Cc3cc(F)cc(F)c3)nc3cc(Br)cnc3c2=O)ccc(OCl)c1C(=N)N[S+](C)[O-]. The van der Waals surface area contributed by atoms with Gasteiger partial charge < -0.3 is 19.9 Å². The van der Waals surface area contributed by atoms with Crippen molar-refractivity contribution in [3.05, 3.63) is 86.0 Å². The van der Waals surface area contributed by atoms with Crippen LogP contribution in [0.5, 0.6) is 5.75 Å². The molecular weight excluding hydrogens is 620 g/mol. The molecule has 4 rings (SSSR count). The van der Waals surface area contributed by atoms with Crippen LogP contribution in [0.2, 0.25) is 0 Å². The van der Waals surface area contributed by atoms with Gasteiger partial charge in [-0.1, -0.05) is 0 Å². The topological polar surface area (TPSA) is 154 Å². The van der Waals surface area contributed by atoms with E-state index in [0.29, 0.717) is 4.47 Å². The number of benzene rings is 2. The molecule has 0 bridgehead atoms. The van der Waals surface area contributed by atoms with Crippen molar-refractivity contribution < 1.29 is 17.6 Å². The van der Waals surface area contributed by atoms with E-state index in [0.717, 1.165) is 18.2 Å². The van der Waals surface area contributed by atoms with E-state index in [4.69, 9.17) is 27.3 Å². The Labute approximate surface area is 237 Å². The first kappa shape index (κ1) is 28.7. The van der Waals surface area contributed by atoms with E-state index in [1.54, 1.807) is 13.1 Å². The molecule has 2 atom stereocenters. The molecule has 10 nitrogen and oxygen atoms in total. The van der Waals surface area contributed by atoms with Crippen LogP contribution in [0.1, 0.15) is 23.0 Å². The van der Waals surface area contributed by atoms with E-state index >= 15 is 0 Å². The van der Waals surface area contributed by atoms with Crippen LogP contribution in [0, 0.1) is 17.0 Å². The monoisotopic (exact) mass is 639 g/mol. The number of pyridine rings is 1. The smallest absolute Gasteiger partial charge is 0.284 e. The molecule has 0 amide bonds. The molecule has 4 aromatic rings. The van der Waals surface area contributed by atoms with E-state index in [-0.39, 0.29) is 57.4 Å². The first-order chi connectivity index (χ1) is 18.5. The van der Waals surface area contributed by atoms with Crippen molar-refractivity contribution in [3.8, 4) is 11.4 Å². The third-order valence-electron chi connectivity index (χ3n) is 5.63. The Hall–Kier alpha value is -3.30. The van der Waals surface area contributed by atoms with Gasteiger partial charge in [-0.3, -0.25) is 14.8 Å². The molecule has 204 valence electrons. The molecule has 5 N–H and O–H groups in total. The quantitative estimate of drug-likeness (QED) is 0.129. The fourth-order valence-electron chi connectivity index (χ4n) is 4.14. The summed E-state index contributed by atoms with van der Waals surface area (Å²) in [7, 11) is 1.54. The van der Waals surface area contributed by atoms with Gasteiger partial charge in [0.25, 0.3) is 5.56 Å². The predicted molar refractivity (Wildman–Crippen MR) is 150 cm³/mol.